The Bertz CT molecular complexity index is 1090. The second kappa shape index (κ2) is 12.0. The lowest BCUT2D eigenvalue weighted by Gasteiger charge is -2.31. The fourth-order valence-corrected chi connectivity index (χ4v) is 4.21. The molecule has 0 saturated heterocycles. The second-order valence-electron chi connectivity index (χ2n) is 8.72. The average Bonchev–Trinajstić information content (AvgIpc) is 2.79. The van der Waals surface area contributed by atoms with E-state index in [1.165, 1.54) is 23.1 Å². The first-order valence-electron chi connectivity index (χ1n) is 11.3. The number of halogens is 1. The molecule has 2 amide bonds. The maximum absolute atomic E-state index is 14.4. The van der Waals surface area contributed by atoms with Gasteiger partial charge in [0.15, 0.2) is 0 Å². The van der Waals surface area contributed by atoms with Gasteiger partial charge in [0.05, 0.1) is 11.9 Å². The minimum absolute atomic E-state index is 0.172. The lowest BCUT2D eigenvalue weighted by Crippen LogP contribution is -2.51. The molecule has 0 aliphatic heterocycles. The van der Waals surface area contributed by atoms with Crippen LogP contribution in [0.2, 0.25) is 0 Å². The molecule has 0 radical (unpaired) electrons. The molecule has 7 nitrogen and oxygen atoms in total. The molecular formula is C25H34FN3O4S. The normalized spacial score (nSPS) is 12.3. The molecule has 0 unspecified atom stereocenters. The van der Waals surface area contributed by atoms with Crippen molar-refractivity contribution in [1.82, 2.24) is 10.2 Å². The number of anilines is 1. The van der Waals surface area contributed by atoms with Crippen LogP contribution in [0.15, 0.2) is 48.5 Å². The quantitative estimate of drug-likeness (QED) is 0.522. The van der Waals surface area contributed by atoms with E-state index in [4.69, 9.17) is 0 Å². The van der Waals surface area contributed by atoms with E-state index in [0.29, 0.717) is 12.2 Å². The molecule has 0 aliphatic rings. The first kappa shape index (κ1) is 27.3. The Balaban J connectivity index is 2.37. The summed E-state index contributed by atoms with van der Waals surface area (Å²) in [5.74, 6) is -1.30. The number of nitrogens with one attached hydrogen (secondary N) is 1. The molecule has 0 bridgehead atoms. The van der Waals surface area contributed by atoms with Gasteiger partial charge in [-0.2, -0.15) is 0 Å². The minimum Gasteiger partial charge on any atom is -0.354 e. The van der Waals surface area contributed by atoms with E-state index >= 15 is 0 Å². The third-order valence-corrected chi connectivity index (χ3v) is 6.60. The number of carbonyl (C=O) groups excluding carboxylic acids is 2. The number of amides is 2. The van der Waals surface area contributed by atoms with Gasteiger partial charge >= 0.3 is 0 Å². The van der Waals surface area contributed by atoms with Crippen molar-refractivity contribution in [3.05, 3.63) is 65.5 Å². The maximum atomic E-state index is 14.4. The van der Waals surface area contributed by atoms with Crippen LogP contribution in [0.25, 0.3) is 0 Å². The summed E-state index contributed by atoms with van der Waals surface area (Å²) < 4.78 is 40.5. The molecule has 0 spiro atoms. The second-order valence-corrected chi connectivity index (χ2v) is 10.6. The van der Waals surface area contributed by atoms with Crippen molar-refractivity contribution in [3.8, 4) is 0 Å². The number of hydrogen-bond donors (Lipinski definition) is 1. The summed E-state index contributed by atoms with van der Waals surface area (Å²) in [6, 6.07) is 12.0. The van der Waals surface area contributed by atoms with E-state index in [1.54, 1.807) is 37.3 Å². The number of benzene rings is 2. The molecule has 1 N–H and O–H groups in total. The summed E-state index contributed by atoms with van der Waals surface area (Å²) in [7, 11) is -3.80. The third kappa shape index (κ3) is 7.55. The van der Waals surface area contributed by atoms with Crippen LogP contribution in [0, 0.1) is 11.7 Å². The molecule has 0 aliphatic carbocycles. The lowest BCUT2D eigenvalue weighted by atomic mass is 10.1. The van der Waals surface area contributed by atoms with Crippen molar-refractivity contribution in [1.29, 1.82) is 0 Å². The molecule has 34 heavy (non-hydrogen) atoms. The molecule has 186 valence electrons. The predicted molar refractivity (Wildman–Crippen MR) is 132 cm³/mol. The van der Waals surface area contributed by atoms with Crippen LogP contribution in [-0.4, -0.2) is 50.5 Å². The van der Waals surface area contributed by atoms with Crippen LogP contribution in [0.4, 0.5) is 10.1 Å². The van der Waals surface area contributed by atoms with Crippen LogP contribution in [-0.2, 0) is 32.6 Å². The van der Waals surface area contributed by atoms with E-state index < -0.39 is 40.2 Å². The van der Waals surface area contributed by atoms with Gasteiger partial charge in [0, 0.05) is 18.7 Å². The number of nitrogens with zero attached hydrogens (tertiary/aromatic N) is 2. The molecule has 1 atom stereocenters. The SMILES string of the molecule is CCc1ccc(N(CC(=O)N(Cc2ccccc2F)[C@@H](C)C(=O)NCC(C)C)S(C)(=O)=O)cc1. The van der Waals surface area contributed by atoms with E-state index in [1.807, 2.05) is 20.8 Å². The Morgan fingerprint density at radius 3 is 2.18 bits per heavy atom. The summed E-state index contributed by atoms with van der Waals surface area (Å²) in [5.41, 5.74) is 1.61. The van der Waals surface area contributed by atoms with Gasteiger partial charge < -0.3 is 10.2 Å². The summed E-state index contributed by atoms with van der Waals surface area (Å²) in [6.45, 7) is 7.16. The van der Waals surface area contributed by atoms with E-state index in [2.05, 4.69) is 5.32 Å². The molecule has 9 heteroatoms. The van der Waals surface area contributed by atoms with Gasteiger partial charge in [-0.3, -0.25) is 13.9 Å². The van der Waals surface area contributed by atoms with Gasteiger partial charge in [0.25, 0.3) is 0 Å². The van der Waals surface area contributed by atoms with Gasteiger partial charge in [-0.05, 0) is 43.0 Å². The highest BCUT2D eigenvalue weighted by Gasteiger charge is 2.30. The molecule has 2 rings (SSSR count). The standard InChI is InChI=1S/C25H34FN3O4S/c1-6-20-11-13-22(14-12-20)29(34(5,32)33)17-24(30)28(16-21-9-7-8-10-23(21)26)19(4)25(31)27-15-18(2)3/h7-14,18-19H,6,15-17H2,1-5H3,(H,27,31)/t19-/m0/s1. The fraction of sp³-hybridized carbons (Fsp3) is 0.440. The molecular weight excluding hydrogens is 457 g/mol. The van der Waals surface area contributed by atoms with Crippen LogP contribution < -0.4 is 9.62 Å². The Morgan fingerprint density at radius 2 is 1.65 bits per heavy atom. The molecule has 0 saturated carbocycles. The van der Waals surface area contributed by atoms with Crippen molar-refractivity contribution in [3.63, 3.8) is 0 Å². The van der Waals surface area contributed by atoms with E-state index in [0.717, 1.165) is 22.5 Å². The smallest absolute Gasteiger partial charge is 0.244 e. The van der Waals surface area contributed by atoms with Crippen molar-refractivity contribution >= 4 is 27.5 Å². The Labute approximate surface area is 202 Å². The van der Waals surface area contributed by atoms with Gasteiger partial charge in [-0.25, -0.2) is 12.8 Å². The minimum atomic E-state index is -3.80. The average molecular weight is 492 g/mol. The summed E-state index contributed by atoms with van der Waals surface area (Å²) in [6.07, 6.45) is 1.81. The van der Waals surface area contributed by atoms with Gasteiger partial charge in [-0.1, -0.05) is 51.1 Å². The Hall–Kier alpha value is -2.94. The molecule has 2 aromatic rings. The topological polar surface area (TPSA) is 86.8 Å². The van der Waals surface area contributed by atoms with E-state index in [9.17, 15) is 22.4 Å². The molecule has 0 aromatic heterocycles. The van der Waals surface area contributed by atoms with Gasteiger partial charge in [-0.15, -0.1) is 0 Å². The van der Waals surface area contributed by atoms with Crippen molar-refractivity contribution in [2.75, 3.05) is 23.7 Å². The zero-order chi connectivity index (χ0) is 25.5. The first-order chi connectivity index (χ1) is 15.9. The highest BCUT2D eigenvalue weighted by Crippen LogP contribution is 2.20. The van der Waals surface area contributed by atoms with E-state index in [-0.39, 0.29) is 18.0 Å². The molecule has 0 fully saturated rings. The Morgan fingerprint density at radius 1 is 1.03 bits per heavy atom. The van der Waals surface area contributed by atoms with Crippen molar-refractivity contribution in [2.24, 2.45) is 5.92 Å². The number of rotatable bonds is 11. The zero-order valence-corrected chi connectivity index (χ0v) is 21.2. The summed E-state index contributed by atoms with van der Waals surface area (Å²) >= 11 is 0. The largest absolute Gasteiger partial charge is 0.354 e. The maximum Gasteiger partial charge on any atom is 0.244 e. The number of carbonyl (C=O) groups is 2. The van der Waals surface area contributed by atoms with Crippen molar-refractivity contribution < 1.29 is 22.4 Å². The summed E-state index contributed by atoms with van der Waals surface area (Å²) in [4.78, 5) is 27.4. The summed E-state index contributed by atoms with van der Waals surface area (Å²) in [5, 5.41) is 2.79. The van der Waals surface area contributed by atoms with Crippen LogP contribution in [0.5, 0.6) is 0 Å². The Kier molecular flexibility index (Phi) is 9.61. The number of hydrogen-bond acceptors (Lipinski definition) is 4. The van der Waals surface area contributed by atoms with Crippen LogP contribution in [0.3, 0.4) is 0 Å². The number of aryl methyl sites for hydroxylation is 1. The first-order valence-corrected chi connectivity index (χ1v) is 13.2. The highest BCUT2D eigenvalue weighted by atomic mass is 32.2. The van der Waals surface area contributed by atoms with Crippen molar-refractivity contribution in [2.45, 2.75) is 46.7 Å². The zero-order valence-electron chi connectivity index (χ0n) is 20.4. The lowest BCUT2D eigenvalue weighted by molar-refractivity contribution is -0.139. The van der Waals surface area contributed by atoms with Gasteiger partial charge in [0.2, 0.25) is 21.8 Å². The monoisotopic (exact) mass is 491 g/mol. The molecule has 0 heterocycles. The fourth-order valence-electron chi connectivity index (χ4n) is 3.36. The van der Waals surface area contributed by atoms with Crippen LogP contribution in [0.1, 0.15) is 38.8 Å². The highest BCUT2D eigenvalue weighted by molar-refractivity contribution is 7.92. The third-order valence-electron chi connectivity index (χ3n) is 5.46. The van der Waals surface area contributed by atoms with Gasteiger partial charge in [0.1, 0.15) is 18.4 Å². The molecule has 2 aromatic carbocycles. The predicted octanol–water partition coefficient (Wildman–Crippen LogP) is 3.34. The number of sulfonamides is 1. The van der Waals surface area contributed by atoms with Crippen LogP contribution >= 0.6 is 0 Å².